The van der Waals surface area contributed by atoms with Gasteiger partial charge in [0.25, 0.3) is 5.91 Å². The number of amides is 2. The molecule has 33 heavy (non-hydrogen) atoms. The number of benzene rings is 2. The summed E-state index contributed by atoms with van der Waals surface area (Å²) >= 11 is 0. The van der Waals surface area contributed by atoms with Crippen LogP contribution in [0.3, 0.4) is 0 Å². The fourth-order valence-electron chi connectivity index (χ4n) is 4.39. The average molecular weight is 462 g/mol. The van der Waals surface area contributed by atoms with Crippen molar-refractivity contribution in [3.63, 3.8) is 0 Å². The van der Waals surface area contributed by atoms with E-state index in [4.69, 9.17) is 9.84 Å². The number of aliphatic carboxylic acids is 1. The van der Waals surface area contributed by atoms with Crippen molar-refractivity contribution in [1.82, 2.24) is 10.2 Å². The first-order valence-electron chi connectivity index (χ1n) is 10.4. The van der Waals surface area contributed by atoms with E-state index in [0.29, 0.717) is 0 Å². The third kappa shape index (κ3) is 4.50. The molecule has 4 rings (SSSR count). The smallest absolute Gasteiger partial charge is 0.417 e. The van der Waals surface area contributed by atoms with Gasteiger partial charge in [-0.15, -0.1) is 0 Å². The van der Waals surface area contributed by atoms with E-state index in [1.165, 1.54) is 0 Å². The molecule has 0 radical (unpaired) electrons. The number of carboxylic acid groups (broad SMARTS) is 1. The van der Waals surface area contributed by atoms with Crippen LogP contribution in [0.1, 0.15) is 23.5 Å². The number of carbonyl (C=O) groups is 3. The van der Waals surface area contributed by atoms with Gasteiger partial charge in [0.15, 0.2) is 0 Å². The number of hydrogen-bond acceptors (Lipinski definition) is 4. The maximum atomic E-state index is 13.5. The molecule has 2 amide bonds. The van der Waals surface area contributed by atoms with Gasteiger partial charge >= 0.3 is 18.2 Å². The molecule has 2 unspecified atom stereocenters. The molecule has 2 atom stereocenters. The Morgan fingerprint density at radius 1 is 1.06 bits per heavy atom. The molecule has 1 saturated heterocycles. The molecule has 0 saturated carbocycles. The van der Waals surface area contributed by atoms with Crippen LogP contribution in [-0.2, 0) is 14.3 Å². The summed E-state index contributed by atoms with van der Waals surface area (Å²) in [6, 6.07) is 12.2. The molecular weight excluding hydrogens is 441 g/mol. The number of nitrogens with one attached hydrogen (secondary N) is 1. The zero-order chi connectivity index (χ0) is 23.8. The molecule has 2 aliphatic rings. The zero-order valence-electron chi connectivity index (χ0n) is 17.3. The Bertz CT molecular complexity index is 1040. The number of halogens is 3. The number of alkyl halides is 3. The summed E-state index contributed by atoms with van der Waals surface area (Å²) in [7, 11) is 0. The van der Waals surface area contributed by atoms with E-state index in [9.17, 15) is 27.6 Å². The van der Waals surface area contributed by atoms with E-state index in [1.54, 1.807) is 5.32 Å². The largest absolute Gasteiger partial charge is 0.481 e. The Kier molecular flexibility index (Phi) is 6.01. The van der Waals surface area contributed by atoms with Crippen LogP contribution in [-0.4, -0.2) is 59.9 Å². The molecule has 2 aromatic carbocycles. The lowest BCUT2D eigenvalue weighted by molar-refractivity contribution is -0.173. The first-order valence-corrected chi connectivity index (χ1v) is 10.4. The zero-order valence-corrected chi connectivity index (χ0v) is 17.3. The average Bonchev–Trinajstić information content (AvgIpc) is 3.39. The third-order valence-corrected chi connectivity index (χ3v) is 6.03. The summed E-state index contributed by atoms with van der Waals surface area (Å²) in [5.41, 5.74) is 3.72. The van der Waals surface area contributed by atoms with Gasteiger partial charge in [-0.1, -0.05) is 48.5 Å². The second-order valence-electron chi connectivity index (χ2n) is 8.05. The van der Waals surface area contributed by atoms with Gasteiger partial charge in [0.2, 0.25) is 6.04 Å². The van der Waals surface area contributed by atoms with E-state index in [-0.39, 0.29) is 32.0 Å². The molecule has 1 fully saturated rings. The highest BCUT2D eigenvalue weighted by Crippen LogP contribution is 2.44. The van der Waals surface area contributed by atoms with Crippen molar-refractivity contribution < 1.29 is 37.4 Å². The second-order valence-corrected chi connectivity index (χ2v) is 8.05. The fourth-order valence-corrected chi connectivity index (χ4v) is 4.39. The molecular formula is C23H21F3N2O5. The van der Waals surface area contributed by atoms with Crippen molar-refractivity contribution in [1.29, 1.82) is 0 Å². The van der Waals surface area contributed by atoms with Gasteiger partial charge in [-0.2, -0.15) is 13.2 Å². The first kappa shape index (κ1) is 22.6. The minimum absolute atomic E-state index is 0.0522. The standard InChI is InChI=1S/C23H21F3N2O5/c24-23(25,26)19(20(29)28-10-9-13(11-28)21(30)31)27-22(32)33-12-18-16-7-3-1-5-14(16)15-6-2-4-8-17(15)18/h1-8,13,18-19H,9-12H2,(H,27,32)(H,30,31). The van der Waals surface area contributed by atoms with Crippen molar-refractivity contribution in [3.05, 3.63) is 59.7 Å². The van der Waals surface area contributed by atoms with Gasteiger partial charge in [0, 0.05) is 19.0 Å². The summed E-state index contributed by atoms with van der Waals surface area (Å²) in [6.07, 6.45) is -6.39. The first-order chi connectivity index (χ1) is 15.7. The highest BCUT2D eigenvalue weighted by atomic mass is 19.4. The Morgan fingerprint density at radius 3 is 2.15 bits per heavy atom. The van der Waals surface area contributed by atoms with Gasteiger partial charge in [0.1, 0.15) is 6.61 Å². The molecule has 7 nitrogen and oxygen atoms in total. The van der Waals surface area contributed by atoms with E-state index in [0.717, 1.165) is 27.2 Å². The van der Waals surface area contributed by atoms with E-state index < -0.39 is 36.1 Å². The van der Waals surface area contributed by atoms with Gasteiger partial charge in [-0.25, -0.2) is 4.79 Å². The molecule has 2 N–H and O–H groups in total. The Hall–Kier alpha value is -3.56. The van der Waals surface area contributed by atoms with Crippen LogP contribution in [0.25, 0.3) is 11.1 Å². The van der Waals surface area contributed by atoms with E-state index >= 15 is 0 Å². The van der Waals surface area contributed by atoms with Crippen LogP contribution in [0.4, 0.5) is 18.0 Å². The number of nitrogens with zero attached hydrogens (tertiary/aromatic N) is 1. The number of ether oxygens (including phenoxy) is 1. The van der Waals surface area contributed by atoms with Crippen LogP contribution >= 0.6 is 0 Å². The van der Waals surface area contributed by atoms with Crippen LogP contribution in [0.15, 0.2) is 48.5 Å². The maximum Gasteiger partial charge on any atom is 0.417 e. The number of carbonyl (C=O) groups excluding carboxylic acids is 2. The lowest BCUT2D eigenvalue weighted by Crippen LogP contribution is -2.55. The normalized spacial score (nSPS) is 18.4. The Balaban J connectivity index is 1.44. The van der Waals surface area contributed by atoms with Gasteiger partial charge < -0.3 is 20.1 Å². The van der Waals surface area contributed by atoms with Gasteiger partial charge in [-0.05, 0) is 28.7 Å². The molecule has 1 aliphatic heterocycles. The molecule has 10 heteroatoms. The number of rotatable bonds is 5. The SMILES string of the molecule is O=C(NC(C(=O)N1CCC(C(=O)O)C1)C(F)(F)F)OCC1c2ccccc2-c2ccccc21. The van der Waals surface area contributed by atoms with Crippen LogP contribution < -0.4 is 5.32 Å². The minimum Gasteiger partial charge on any atom is -0.481 e. The quantitative estimate of drug-likeness (QED) is 0.710. The summed E-state index contributed by atoms with van der Waals surface area (Å²) in [5, 5.41) is 10.6. The predicted octanol–water partition coefficient (Wildman–Crippen LogP) is 3.39. The molecule has 1 aliphatic carbocycles. The summed E-state index contributed by atoms with van der Waals surface area (Å²) in [6.45, 7) is -0.675. The van der Waals surface area contributed by atoms with Crippen molar-refractivity contribution in [3.8, 4) is 11.1 Å². The number of carboxylic acids is 1. The molecule has 0 aromatic heterocycles. The fraction of sp³-hybridized carbons (Fsp3) is 0.348. The molecule has 2 aromatic rings. The van der Waals surface area contributed by atoms with Crippen molar-refractivity contribution >= 4 is 18.0 Å². The number of fused-ring (bicyclic) bond motifs is 3. The van der Waals surface area contributed by atoms with E-state index in [2.05, 4.69) is 0 Å². The lowest BCUT2D eigenvalue weighted by atomic mass is 9.98. The highest BCUT2D eigenvalue weighted by molar-refractivity contribution is 5.87. The van der Waals surface area contributed by atoms with Crippen molar-refractivity contribution in [2.24, 2.45) is 5.92 Å². The Morgan fingerprint density at radius 2 is 1.64 bits per heavy atom. The molecule has 0 bridgehead atoms. The number of likely N-dealkylation sites (tertiary alicyclic amines) is 1. The number of alkyl carbamates (subject to hydrolysis) is 1. The Labute approximate surface area is 187 Å². The van der Waals surface area contributed by atoms with Crippen LogP contribution in [0.2, 0.25) is 0 Å². The van der Waals surface area contributed by atoms with Crippen molar-refractivity contribution in [2.45, 2.75) is 24.6 Å². The minimum atomic E-state index is -5.07. The molecule has 1 heterocycles. The third-order valence-electron chi connectivity index (χ3n) is 6.03. The topological polar surface area (TPSA) is 95.9 Å². The monoisotopic (exact) mass is 462 g/mol. The van der Waals surface area contributed by atoms with Crippen LogP contribution in [0, 0.1) is 5.92 Å². The molecule has 174 valence electrons. The van der Waals surface area contributed by atoms with Gasteiger partial charge in [0.05, 0.1) is 5.92 Å². The van der Waals surface area contributed by atoms with Crippen LogP contribution in [0.5, 0.6) is 0 Å². The van der Waals surface area contributed by atoms with Crippen molar-refractivity contribution in [2.75, 3.05) is 19.7 Å². The highest BCUT2D eigenvalue weighted by Gasteiger charge is 2.49. The van der Waals surface area contributed by atoms with Gasteiger partial charge in [-0.3, -0.25) is 9.59 Å². The summed E-state index contributed by atoms with van der Waals surface area (Å²) in [5.74, 6) is -3.87. The molecule has 0 spiro atoms. The second kappa shape index (κ2) is 8.76. The number of hydrogen-bond donors (Lipinski definition) is 2. The lowest BCUT2D eigenvalue weighted by Gasteiger charge is -2.26. The summed E-state index contributed by atoms with van der Waals surface area (Å²) in [4.78, 5) is 36.6. The summed E-state index contributed by atoms with van der Waals surface area (Å²) < 4.78 is 45.7. The maximum absolute atomic E-state index is 13.5. The van der Waals surface area contributed by atoms with E-state index in [1.807, 2.05) is 48.5 Å². The predicted molar refractivity (Wildman–Crippen MR) is 110 cm³/mol.